The summed E-state index contributed by atoms with van der Waals surface area (Å²) in [5.74, 6) is -1.12. The summed E-state index contributed by atoms with van der Waals surface area (Å²) in [7, 11) is 0. The number of rotatable bonds is 7. The molecule has 0 aromatic heterocycles. The first-order valence-corrected chi connectivity index (χ1v) is 9.40. The van der Waals surface area contributed by atoms with Crippen molar-refractivity contribution in [1.29, 1.82) is 0 Å². The second-order valence-corrected chi connectivity index (χ2v) is 6.62. The van der Waals surface area contributed by atoms with Crippen LogP contribution in [0.1, 0.15) is 18.1 Å². The van der Waals surface area contributed by atoms with Gasteiger partial charge in [0.15, 0.2) is 11.5 Å². The van der Waals surface area contributed by atoms with Crippen molar-refractivity contribution in [3.05, 3.63) is 90.0 Å². The van der Waals surface area contributed by atoms with E-state index < -0.39 is 11.9 Å². The Labute approximate surface area is 174 Å². The highest BCUT2D eigenvalue weighted by atomic mass is 16.6. The number of nitrogens with one attached hydrogen (secondary N) is 1. The van der Waals surface area contributed by atoms with Crippen LogP contribution in [0.3, 0.4) is 0 Å². The summed E-state index contributed by atoms with van der Waals surface area (Å²) < 4.78 is 10.9. The van der Waals surface area contributed by atoms with Gasteiger partial charge in [0, 0.05) is 18.7 Å². The first-order chi connectivity index (χ1) is 14.5. The third-order valence-corrected chi connectivity index (χ3v) is 4.09. The molecule has 6 heteroatoms. The van der Waals surface area contributed by atoms with E-state index in [9.17, 15) is 14.4 Å². The summed E-state index contributed by atoms with van der Waals surface area (Å²) in [5.41, 5.74) is 2.02. The number of anilines is 1. The van der Waals surface area contributed by atoms with Crippen LogP contribution in [0, 0.1) is 0 Å². The highest BCUT2D eigenvalue weighted by Crippen LogP contribution is 2.31. The molecule has 0 saturated carbocycles. The van der Waals surface area contributed by atoms with Crippen LogP contribution in [0.15, 0.2) is 78.9 Å². The zero-order chi connectivity index (χ0) is 21.3. The molecule has 3 aromatic rings. The first kappa shape index (κ1) is 20.8. The average molecular weight is 403 g/mol. The number of amides is 1. The fourth-order valence-electron chi connectivity index (χ4n) is 2.80. The molecule has 0 unspecified atom stereocenters. The predicted octanol–water partition coefficient (Wildman–Crippen LogP) is 3.94. The zero-order valence-corrected chi connectivity index (χ0v) is 16.5. The van der Waals surface area contributed by atoms with Crippen molar-refractivity contribution in [3.8, 4) is 11.5 Å². The topological polar surface area (TPSA) is 81.7 Å². The number of carbonyl (C=O) groups excluding carboxylic acids is 3. The van der Waals surface area contributed by atoms with Crippen LogP contribution in [0.5, 0.6) is 11.5 Å². The first-order valence-electron chi connectivity index (χ1n) is 9.40. The molecule has 0 fully saturated rings. The minimum absolute atomic E-state index is 0.0581. The van der Waals surface area contributed by atoms with Crippen molar-refractivity contribution in [1.82, 2.24) is 0 Å². The summed E-state index contributed by atoms with van der Waals surface area (Å²) in [6, 6.07) is 22.8. The van der Waals surface area contributed by atoms with Gasteiger partial charge in [-0.05, 0) is 23.3 Å². The Morgan fingerprint density at radius 1 is 0.700 bits per heavy atom. The second-order valence-electron chi connectivity index (χ2n) is 6.62. The molecule has 30 heavy (non-hydrogen) atoms. The molecule has 1 amide bonds. The van der Waals surface area contributed by atoms with Gasteiger partial charge in [0.2, 0.25) is 5.91 Å². The van der Waals surface area contributed by atoms with Crippen LogP contribution in [0.2, 0.25) is 0 Å². The van der Waals surface area contributed by atoms with E-state index in [4.69, 9.17) is 9.47 Å². The fourth-order valence-corrected chi connectivity index (χ4v) is 2.80. The lowest BCUT2D eigenvalue weighted by Crippen LogP contribution is -2.15. The monoisotopic (exact) mass is 403 g/mol. The smallest absolute Gasteiger partial charge is 0.315 e. The van der Waals surface area contributed by atoms with Gasteiger partial charge in [-0.1, -0.05) is 60.7 Å². The molecule has 0 atom stereocenters. The molecule has 0 aliphatic rings. The van der Waals surface area contributed by atoms with Crippen LogP contribution < -0.4 is 14.8 Å². The maximum atomic E-state index is 12.4. The molecule has 0 heterocycles. The van der Waals surface area contributed by atoms with E-state index >= 15 is 0 Å². The quantitative estimate of drug-likeness (QED) is 0.477. The van der Waals surface area contributed by atoms with Crippen LogP contribution in [-0.2, 0) is 27.2 Å². The maximum absolute atomic E-state index is 12.4. The Bertz CT molecular complexity index is 1030. The van der Waals surface area contributed by atoms with Gasteiger partial charge in [-0.3, -0.25) is 14.4 Å². The molecular formula is C24H21NO5. The molecule has 0 radical (unpaired) electrons. The van der Waals surface area contributed by atoms with Crippen LogP contribution >= 0.6 is 0 Å². The van der Waals surface area contributed by atoms with Gasteiger partial charge in [-0.25, -0.2) is 0 Å². The summed E-state index contributed by atoms with van der Waals surface area (Å²) >= 11 is 0. The Hall–Kier alpha value is -3.93. The molecule has 0 bridgehead atoms. The minimum Gasteiger partial charge on any atom is -0.422 e. The molecule has 1 N–H and O–H groups in total. The molecule has 0 aliphatic carbocycles. The van der Waals surface area contributed by atoms with E-state index in [0.717, 1.165) is 11.1 Å². The Balaban J connectivity index is 1.76. The third kappa shape index (κ3) is 6.31. The summed E-state index contributed by atoms with van der Waals surface area (Å²) in [6.07, 6.45) is 0.133. The number of carbonyl (C=O) groups is 3. The molecule has 152 valence electrons. The Morgan fingerprint density at radius 3 is 1.70 bits per heavy atom. The normalized spacial score (nSPS) is 10.2. The van der Waals surface area contributed by atoms with Gasteiger partial charge in [-0.2, -0.15) is 0 Å². The molecule has 6 nitrogen and oxygen atoms in total. The Kier molecular flexibility index (Phi) is 6.95. The van der Waals surface area contributed by atoms with Crippen molar-refractivity contribution >= 4 is 23.5 Å². The fraction of sp³-hybridized carbons (Fsp3) is 0.125. The van der Waals surface area contributed by atoms with Gasteiger partial charge in [0.1, 0.15) is 0 Å². The summed E-state index contributed by atoms with van der Waals surface area (Å²) in [6.45, 7) is 1.37. The van der Waals surface area contributed by atoms with Crippen molar-refractivity contribution in [2.45, 2.75) is 19.8 Å². The van der Waals surface area contributed by atoms with Crippen molar-refractivity contribution in [3.63, 3.8) is 0 Å². The Morgan fingerprint density at radius 2 is 1.20 bits per heavy atom. The SMILES string of the molecule is CC(=O)Nc1ccc(OC(=O)Cc2ccccc2)c(OC(=O)Cc2ccccc2)c1. The zero-order valence-electron chi connectivity index (χ0n) is 16.5. The van der Waals surface area contributed by atoms with Gasteiger partial charge >= 0.3 is 11.9 Å². The second kappa shape index (κ2) is 10.0. The number of hydrogen-bond donors (Lipinski definition) is 1. The van der Waals surface area contributed by atoms with Crippen molar-refractivity contribution < 1.29 is 23.9 Å². The molecule has 0 saturated heterocycles. The highest BCUT2D eigenvalue weighted by molar-refractivity contribution is 5.89. The van der Waals surface area contributed by atoms with E-state index in [0.29, 0.717) is 5.69 Å². The van der Waals surface area contributed by atoms with Crippen LogP contribution in [0.25, 0.3) is 0 Å². The van der Waals surface area contributed by atoms with Gasteiger partial charge in [0.05, 0.1) is 12.8 Å². The van der Waals surface area contributed by atoms with Gasteiger partial charge in [0.25, 0.3) is 0 Å². The number of hydrogen-bond acceptors (Lipinski definition) is 5. The lowest BCUT2D eigenvalue weighted by Gasteiger charge is -2.13. The summed E-state index contributed by atoms with van der Waals surface area (Å²) in [4.78, 5) is 36.1. The van der Waals surface area contributed by atoms with E-state index in [2.05, 4.69) is 5.32 Å². The lowest BCUT2D eigenvalue weighted by atomic mass is 10.1. The number of esters is 2. The number of benzene rings is 3. The molecular weight excluding hydrogens is 382 g/mol. The predicted molar refractivity (Wildman–Crippen MR) is 112 cm³/mol. The van der Waals surface area contributed by atoms with E-state index in [1.165, 1.54) is 19.1 Å². The van der Waals surface area contributed by atoms with Crippen LogP contribution in [0.4, 0.5) is 5.69 Å². The largest absolute Gasteiger partial charge is 0.422 e. The molecule has 0 aliphatic heterocycles. The van der Waals surface area contributed by atoms with Gasteiger partial charge < -0.3 is 14.8 Å². The number of ether oxygens (including phenoxy) is 2. The standard InChI is InChI=1S/C24H21NO5/c1-17(26)25-20-12-13-21(29-23(27)14-18-8-4-2-5-9-18)22(16-20)30-24(28)15-19-10-6-3-7-11-19/h2-13,16H,14-15H2,1H3,(H,25,26). The summed E-state index contributed by atoms with van der Waals surface area (Å²) in [5, 5.41) is 2.62. The minimum atomic E-state index is -0.512. The molecule has 0 spiro atoms. The van der Waals surface area contributed by atoms with E-state index in [1.54, 1.807) is 6.07 Å². The molecule has 3 aromatic carbocycles. The van der Waals surface area contributed by atoms with E-state index in [-0.39, 0.29) is 30.2 Å². The average Bonchev–Trinajstić information content (AvgIpc) is 2.71. The highest BCUT2D eigenvalue weighted by Gasteiger charge is 2.16. The third-order valence-electron chi connectivity index (χ3n) is 4.09. The van der Waals surface area contributed by atoms with Crippen molar-refractivity contribution in [2.75, 3.05) is 5.32 Å². The van der Waals surface area contributed by atoms with Crippen molar-refractivity contribution in [2.24, 2.45) is 0 Å². The maximum Gasteiger partial charge on any atom is 0.315 e. The van der Waals surface area contributed by atoms with Gasteiger partial charge in [-0.15, -0.1) is 0 Å². The lowest BCUT2D eigenvalue weighted by molar-refractivity contribution is -0.136. The van der Waals surface area contributed by atoms with E-state index in [1.807, 2.05) is 60.7 Å². The van der Waals surface area contributed by atoms with Crippen LogP contribution in [-0.4, -0.2) is 17.8 Å². The molecule has 3 rings (SSSR count).